The van der Waals surface area contributed by atoms with Crippen LogP contribution in [-0.2, 0) is 25.4 Å². The van der Waals surface area contributed by atoms with Gasteiger partial charge in [-0.1, -0.05) is 23.4 Å². The number of nitrogens with zero attached hydrogens (tertiary/aromatic N) is 6. The Morgan fingerprint density at radius 3 is 2.79 bits per heavy atom. The number of benzene rings is 1. The van der Waals surface area contributed by atoms with Crippen molar-refractivity contribution >= 4 is 29.1 Å². The molecular formula is C29H30FN7O6. The van der Waals surface area contributed by atoms with Gasteiger partial charge in [0.1, 0.15) is 30.3 Å². The van der Waals surface area contributed by atoms with Crippen molar-refractivity contribution in [2.45, 2.75) is 57.0 Å². The minimum atomic E-state index is -0.834. The van der Waals surface area contributed by atoms with Crippen LogP contribution in [0.4, 0.5) is 10.2 Å². The van der Waals surface area contributed by atoms with Gasteiger partial charge < -0.3 is 29.5 Å². The number of aryl methyl sites for hydroxylation is 1. The molecule has 1 aromatic carbocycles. The summed E-state index contributed by atoms with van der Waals surface area (Å²) in [5.41, 5.74) is 2.00. The molecule has 4 aromatic rings. The molecule has 224 valence electrons. The van der Waals surface area contributed by atoms with Crippen molar-refractivity contribution in [2.75, 3.05) is 18.5 Å². The second kappa shape index (κ2) is 12.1. The summed E-state index contributed by atoms with van der Waals surface area (Å²) in [7, 11) is 0. The largest absolute Gasteiger partial charge is 0.411 e. The van der Waals surface area contributed by atoms with Crippen LogP contribution in [0.3, 0.4) is 0 Å². The van der Waals surface area contributed by atoms with Crippen molar-refractivity contribution in [3.8, 4) is 0 Å². The van der Waals surface area contributed by atoms with E-state index in [9.17, 15) is 9.18 Å². The number of carbonyl (C=O) groups is 1. The zero-order valence-corrected chi connectivity index (χ0v) is 23.5. The number of fused-ring (bicyclic) bond motifs is 2. The number of amides is 1. The van der Waals surface area contributed by atoms with Crippen LogP contribution in [0.25, 0.3) is 11.2 Å². The second-order valence-corrected chi connectivity index (χ2v) is 10.6. The molecule has 2 aliphatic heterocycles. The standard InChI is InChI=1S/C29H30FN7O6/c1-29(2)42-23-21(14-40-12-6-9-18-10-11-19(30)20(35-18)13-34-39)41-28(24(23)43-29)37-16-33-22-25(31-15-32-26(22)37)36-27(38)17-7-4-3-5-8-17/h3-5,7-8,10-11,13,15-16,21,23-24,28,39H,6,9,12,14H2,1-2H3,(H,31,32,36,38)/b34-13+/t21-,23-,24-,28-/m1/s1. The van der Waals surface area contributed by atoms with E-state index >= 15 is 0 Å². The Hall–Kier alpha value is -4.37. The van der Waals surface area contributed by atoms with Crippen LogP contribution in [0, 0.1) is 5.82 Å². The molecule has 13 nitrogen and oxygen atoms in total. The van der Waals surface area contributed by atoms with Crippen molar-refractivity contribution < 1.29 is 33.3 Å². The average molecular weight is 592 g/mol. The van der Waals surface area contributed by atoms with E-state index in [4.69, 9.17) is 24.2 Å². The van der Waals surface area contributed by atoms with Crippen LogP contribution >= 0.6 is 0 Å². The van der Waals surface area contributed by atoms with Crippen molar-refractivity contribution in [3.05, 3.63) is 77.9 Å². The molecule has 6 rings (SSSR count). The number of ether oxygens (including phenoxy) is 4. The fourth-order valence-corrected chi connectivity index (χ4v) is 5.26. The third-order valence-electron chi connectivity index (χ3n) is 7.14. The van der Waals surface area contributed by atoms with Gasteiger partial charge in [0.05, 0.1) is 19.1 Å². The maximum absolute atomic E-state index is 13.7. The fraction of sp³-hybridized carbons (Fsp3) is 0.379. The fourth-order valence-electron chi connectivity index (χ4n) is 5.26. The van der Waals surface area contributed by atoms with Crippen LogP contribution in [0.5, 0.6) is 0 Å². The highest BCUT2D eigenvalue weighted by molar-refractivity contribution is 6.06. The van der Waals surface area contributed by atoms with Gasteiger partial charge in [0.25, 0.3) is 5.91 Å². The van der Waals surface area contributed by atoms with Crippen LogP contribution in [0.1, 0.15) is 48.2 Å². The van der Waals surface area contributed by atoms with E-state index in [1.165, 1.54) is 12.4 Å². The summed E-state index contributed by atoms with van der Waals surface area (Å²) < 4.78 is 40.3. The third kappa shape index (κ3) is 6.08. The molecular weight excluding hydrogens is 561 g/mol. The summed E-state index contributed by atoms with van der Waals surface area (Å²) in [5.74, 6) is -1.43. The van der Waals surface area contributed by atoms with Crippen LogP contribution < -0.4 is 5.32 Å². The smallest absolute Gasteiger partial charge is 0.256 e. The first kappa shape index (κ1) is 28.7. The zero-order chi connectivity index (χ0) is 30.0. The highest BCUT2D eigenvalue weighted by Crippen LogP contribution is 2.44. The highest BCUT2D eigenvalue weighted by atomic mass is 19.1. The number of anilines is 1. The van der Waals surface area contributed by atoms with Gasteiger partial charge in [0, 0.05) is 17.9 Å². The molecule has 0 unspecified atom stereocenters. The molecule has 0 aliphatic carbocycles. The van der Waals surface area contributed by atoms with Crippen molar-refractivity contribution in [2.24, 2.45) is 5.16 Å². The Labute approximate surface area is 245 Å². The number of halogens is 1. The minimum absolute atomic E-state index is 0.0265. The summed E-state index contributed by atoms with van der Waals surface area (Å²) in [4.78, 5) is 30.1. The van der Waals surface area contributed by atoms with E-state index in [0.29, 0.717) is 41.9 Å². The molecule has 2 fully saturated rings. The molecule has 0 radical (unpaired) electrons. The van der Waals surface area contributed by atoms with Crippen molar-refractivity contribution in [1.82, 2.24) is 24.5 Å². The SMILES string of the molecule is CC1(C)O[C@@H]2[C@H](O1)[C@@H](COCCCc1ccc(F)c(/C=N/O)n1)O[C@H]2n1cnc2c(NC(=O)c3ccccc3)ncnc21. The molecule has 2 N–H and O–H groups in total. The summed E-state index contributed by atoms with van der Waals surface area (Å²) in [5, 5.41) is 14.3. The lowest BCUT2D eigenvalue weighted by Gasteiger charge is -2.24. The first-order valence-corrected chi connectivity index (χ1v) is 13.8. The van der Waals surface area contributed by atoms with E-state index in [0.717, 1.165) is 6.21 Å². The van der Waals surface area contributed by atoms with E-state index < -0.39 is 36.1 Å². The molecule has 2 saturated heterocycles. The number of hydrogen-bond donors (Lipinski definition) is 2. The Bertz CT molecular complexity index is 1630. The lowest BCUT2D eigenvalue weighted by Crippen LogP contribution is -2.33. The van der Waals surface area contributed by atoms with Crippen molar-refractivity contribution in [3.63, 3.8) is 0 Å². The van der Waals surface area contributed by atoms with Crippen LogP contribution in [0.15, 0.2) is 60.3 Å². The predicted molar refractivity (Wildman–Crippen MR) is 150 cm³/mol. The molecule has 0 bridgehead atoms. The topological polar surface area (TPSA) is 155 Å². The normalized spacial score (nSPS) is 22.8. The van der Waals surface area contributed by atoms with Gasteiger partial charge >= 0.3 is 0 Å². The van der Waals surface area contributed by atoms with Crippen LogP contribution in [0.2, 0.25) is 0 Å². The van der Waals surface area contributed by atoms with Crippen molar-refractivity contribution in [1.29, 1.82) is 0 Å². The number of imidazole rings is 1. The highest BCUT2D eigenvalue weighted by Gasteiger charge is 2.56. The van der Waals surface area contributed by atoms with E-state index in [1.807, 2.05) is 19.9 Å². The van der Waals surface area contributed by atoms with Gasteiger partial charge in [-0.05, 0) is 51.0 Å². The van der Waals surface area contributed by atoms with Gasteiger partial charge in [-0.25, -0.2) is 24.3 Å². The number of nitrogens with one attached hydrogen (secondary N) is 1. The molecule has 43 heavy (non-hydrogen) atoms. The Morgan fingerprint density at radius 1 is 1.16 bits per heavy atom. The Balaban J connectivity index is 1.12. The number of carbonyl (C=O) groups excluding carboxylic acids is 1. The quantitative estimate of drug-likeness (QED) is 0.121. The molecule has 0 saturated carbocycles. The zero-order valence-electron chi connectivity index (χ0n) is 23.5. The Morgan fingerprint density at radius 2 is 1.98 bits per heavy atom. The monoisotopic (exact) mass is 591 g/mol. The molecule has 4 atom stereocenters. The summed E-state index contributed by atoms with van der Waals surface area (Å²) in [6.07, 6.45) is 3.15. The lowest BCUT2D eigenvalue weighted by atomic mass is 10.1. The number of oxime groups is 1. The second-order valence-electron chi connectivity index (χ2n) is 10.6. The number of pyridine rings is 1. The lowest BCUT2D eigenvalue weighted by molar-refractivity contribution is -0.201. The maximum atomic E-state index is 13.7. The number of aromatic nitrogens is 5. The van der Waals surface area contributed by atoms with E-state index in [2.05, 4.69) is 30.4 Å². The predicted octanol–water partition coefficient (Wildman–Crippen LogP) is 3.49. The molecule has 3 aromatic heterocycles. The van der Waals surface area contributed by atoms with Crippen LogP contribution in [-0.4, -0.2) is 79.1 Å². The Kier molecular flexibility index (Phi) is 8.08. The molecule has 5 heterocycles. The minimum Gasteiger partial charge on any atom is -0.411 e. The average Bonchev–Trinajstić information content (AvgIpc) is 3.66. The molecule has 14 heteroatoms. The molecule has 2 aliphatic rings. The maximum Gasteiger partial charge on any atom is 0.256 e. The number of hydrogen-bond acceptors (Lipinski definition) is 11. The third-order valence-corrected chi connectivity index (χ3v) is 7.14. The summed E-state index contributed by atoms with van der Waals surface area (Å²) >= 11 is 0. The van der Waals surface area contributed by atoms with Gasteiger partial charge in [0.2, 0.25) is 0 Å². The first-order chi connectivity index (χ1) is 20.8. The van der Waals surface area contributed by atoms with Gasteiger partial charge in [-0.15, -0.1) is 0 Å². The van der Waals surface area contributed by atoms with Gasteiger partial charge in [0.15, 0.2) is 34.8 Å². The first-order valence-electron chi connectivity index (χ1n) is 13.8. The summed E-state index contributed by atoms with van der Waals surface area (Å²) in [6, 6.07) is 11.7. The van der Waals surface area contributed by atoms with Gasteiger partial charge in [-0.3, -0.25) is 9.36 Å². The van der Waals surface area contributed by atoms with E-state index in [-0.39, 0.29) is 24.0 Å². The molecule has 1 amide bonds. The van der Waals surface area contributed by atoms with Gasteiger partial charge in [-0.2, -0.15) is 0 Å². The van der Waals surface area contributed by atoms with E-state index in [1.54, 1.807) is 41.2 Å². The number of rotatable bonds is 10. The molecule has 0 spiro atoms. The summed E-state index contributed by atoms with van der Waals surface area (Å²) in [6.45, 7) is 4.34.